The summed E-state index contributed by atoms with van der Waals surface area (Å²) < 4.78 is 23.9. The van der Waals surface area contributed by atoms with Crippen LogP contribution in [0, 0.1) is 0 Å². The van der Waals surface area contributed by atoms with E-state index < -0.39 is 18.2 Å². The highest BCUT2D eigenvalue weighted by molar-refractivity contribution is 5.23. The Morgan fingerprint density at radius 1 is 1.57 bits per heavy atom. The molecule has 2 N–H and O–H groups in total. The van der Waals surface area contributed by atoms with Gasteiger partial charge in [-0.1, -0.05) is 6.92 Å². The van der Waals surface area contributed by atoms with Gasteiger partial charge in [-0.25, -0.2) is 4.79 Å². The zero-order valence-corrected chi connectivity index (χ0v) is 14.0. The molecule has 1 fully saturated rings. The number of rotatable bonds is 7. The number of aromatic nitrogens is 2. The first kappa shape index (κ1) is 17.9. The van der Waals surface area contributed by atoms with Crippen LogP contribution in [0.3, 0.4) is 0 Å². The van der Waals surface area contributed by atoms with Crippen molar-refractivity contribution in [2.24, 2.45) is 0 Å². The Bertz CT molecular complexity index is 574. The second kappa shape index (κ2) is 7.39. The molecular formula is C15H25N3O5. The third kappa shape index (κ3) is 5.00. The summed E-state index contributed by atoms with van der Waals surface area (Å²) >= 11 is 0. The van der Waals surface area contributed by atoms with Crippen LogP contribution in [-0.4, -0.2) is 40.9 Å². The lowest BCUT2D eigenvalue weighted by molar-refractivity contribution is -0.221. The summed E-state index contributed by atoms with van der Waals surface area (Å²) in [6.45, 7) is 8.36. The van der Waals surface area contributed by atoms with Crippen LogP contribution in [0.25, 0.3) is 0 Å². The molecule has 1 aromatic rings. The van der Waals surface area contributed by atoms with Crippen molar-refractivity contribution in [3.8, 4) is 0 Å². The molecule has 0 saturated carbocycles. The number of hydrogen-bond donors (Lipinski definition) is 1. The van der Waals surface area contributed by atoms with Gasteiger partial charge in [-0.2, -0.15) is 4.98 Å². The number of nitrogens with zero attached hydrogens (tertiary/aromatic N) is 2. The molecule has 8 heteroatoms. The molecule has 1 unspecified atom stereocenters. The van der Waals surface area contributed by atoms with Gasteiger partial charge in [0.1, 0.15) is 12.4 Å². The van der Waals surface area contributed by atoms with E-state index in [1.165, 1.54) is 16.8 Å². The normalized spacial score (nSPS) is 23.1. The monoisotopic (exact) mass is 327 g/mol. The maximum atomic E-state index is 11.8. The molecule has 8 nitrogen and oxygen atoms in total. The second-order valence-corrected chi connectivity index (χ2v) is 6.03. The van der Waals surface area contributed by atoms with Crippen molar-refractivity contribution in [3.63, 3.8) is 0 Å². The molecule has 1 aliphatic rings. The van der Waals surface area contributed by atoms with Crippen LogP contribution in [0.1, 0.15) is 40.3 Å². The molecule has 0 spiro atoms. The van der Waals surface area contributed by atoms with Crippen LogP contribution in [-0.2, 0) is 18.9 Å². The molecule has 0 amide bonds. The molecule has 0 bridgehead atoms. The molecule has 2 rings (SSSR count). The molecule has 23 heavy (non-hydrogen) atoms. The Hall–Kier alpha value is -1.48. The van der Waals surface area contributed by atoms with Gasteiger partial charge in [-0.3, -0.25) is 4.57 Å². The number of anilines is 1. The van der Waals surface area contributed by atoms with Crippen LogP contribution in [0.15, 0.2) is 17.1 Å². The maximum absolute atomic E-state index is 11.8. The van der Waals surface area contributed by atoms with Crippen molar-refractivity contribution >= 4 is 5.82 Å². The van der Waals surface area contributed by atoms with Gasteiger partial charge in [0.2, 0.25) is 0 Å². The molecular weight excluding hydrogens is 302 g/mol. The Morgan fingerprint density at radius 3 is 2.96 bits per heavy atom. The minimum absolute atomic E-state index is 0.176. The first-order valence-electron chi connectivity index (χ1n) is 7.72. The SMILES string of the molecule is CCC(C)(C)OC(C)OC[C@H]1OC[C@@H](n2ccc(N)nc2=O)O1. The van der Waals surface area contributed by atoms with E-state index in [1.54, 1.807) is 0 Å². The highest BCUT2D eigenvalue weighted by Crippen LogP contribution is 2.21. The van der Waals surface area contributed by atoms with Gasteiger partial charge < -0.3 is 24.7 Å². The Labute approximate surface area is 135 Å². The van der Waals surface area contributed by atoms with Crippen molar-refractivity contribution in [1.29, 1.82) is 0 Å². The lowest BCUT2D eigenvalue weighted by Gasteiger charge is -2.28. The van der Waals surface area contributed by atoms with Crippen molar-refractivity contribution in [1.82, 2.24) is 9.55 Å². The third-order valence-corrected chi connectivity index (χ3v) is 3.70. The molecule has 1 saturated heterocycles. The second-order valence-electron chi connectivity index (χ2n) is 6.03. The van der Waals surface area contributed by atoms with Crippen LogP contribution < -0.4 is 11.4 Å². The minimum atomic E-state index is -0.555. The fourth-order valence-electron chi connectivity index (χ4n) is 2.10. The van der Waals surface area contributed by atoms with Gasteiger partial charge >= 0.3 is 5.69 Å². The standard InChI is InChI=1S/C15H25N3O5/c1-5-15(3,4)23-10(2)20-9-13-21-8-12(22-13)18-7-6-11(16)17-14(18)19/h6-7,10,12-13H,5,8-9H2,1-4H3,(H2,16,17,19)/t10?,12-,13-/m0/s1. The van der Waals surface area contributed by atoms with E-state index in [0.29, 0.717) is 0 Å². The van der Waals surface area contributed by atoms with Gasteiger partial charge in [0.15, 0.2) is 18.8 Å². The number of hydrogen-bond acceptors (Lipinski definition) is 7. The first-order chi connectivity index (χ1) is 10.8. The topological polar surface area (TPSA) is 97.8 Å². The average molecular weight is 327 g/mol. The third-order valence-electron chi connectivity index (χ3n) is 3.70. The van der Waals surface area contributed by atoms with E-state index in [1.807, 2.05) is 20.8 Å². The lowest BCUT2D eigenvalue weighted by Crippen LogP contribution is -2.32. The van der Waals surface area contributed by atoms with Crippen LogP contribution in [0.2, 0.25) is 0 Å². The fraction of sp³-hybridized carbons (Fsp3) is 0.733. The molecule has 2 heterocycles. The van der Waals surface area contributed by atoms with Crippen LogP contribution in [0.4, 0.5) is 5.82 Å². The summed E-state index contributed by atoms with van der Waals surface area (Å²) in [5.41, 5.74) is 4.75. The quantitative estimate of drug-likeness (QED) is 0.753. The van der Waals surface area contributed by atoms with Crippen molar-refractivity contribution < 1.29 is 18.9 Å². The van der Waals surface area contributed by atoms with E-state index in [4.69, 9.17) is 24.7 Å². The highest BCUT2D eigenvalue weighted by atomic mass is 16.8. The number of ether oxygens (including phenoxy) is 4. The number of nitrogen functional groups attached to an aromatic ring is 1. The molecule has 130 valence electrons. The first-order valence-corrected chi connectivity index (χ1v) is 7.72. The van der Waals surface area contributed by atoms with Gasteiger partial charge in [0.05, 0.1) is 12.2 Å². The summed E-state index contributed by atoms with van der Waals surface area (Å²) in [6, 6.07) is 1.54. The zero-order valence-electron chi connectivity index (χ0n) is 14.0. The molecule has 0 aromatic carbocycles. The van der Waals surface area contributed by atoms with Crippen molar-refractivity contribution in [2.75, 3.05) is 18.9 Å². The fourth-order valence-corrected chi connectivity index (χ4v) is 2.10. The summed E-state index contributed by atoms with van der Waals surface area (Å²) in [6.07, 6.45) is 0.953. The van der Waals surface area contributed by atoms with Crippen LogP contribution >= 0.6 is 0 Å². The van der Waals surface area contributed by atoms with Crippen LogP contribution in [0.5, 0.6) is 0 Å². The predicted octanol–water partition coefficient (Wildman–Crippen LogP) is 1.26. The lowest BCUT2D eigenvalue weighted by atomic mass is 10.1. The molecule has 0 aliphatic carbocycles. The Kier molecular flexibility index (Phi) is 5.74. The van der Waals surface area contributed by atoms with Gasteiger partial charge in [0, 0.05) is 6.20 Å². The summed E-state index contributed by atoms with van der Waals surface area (Å²) in [5.74, 6) is 0.176. The average Bonchev–Trinajstić information content (AvgIpc) is 2.93. The minimum Gasteiger partial charge on any atom is -0.383 e. The van der Waals surface area contributed by atoms with E-state index in [2.05, 4.69) is 11.9 Å². The van der Waals surface area contributed by atoms with E-state index in [-0.39, 0.29) is 30.9 Å². The van der Waals surface area contributed by atoms with Crippen molar-refractivity contribution in [2.45, 2.75) is 58.5 Å². The summed E-state index contributed by atoms with van der Waals surface area (Å²) in [4.78, 5) is 15.4. The smallest absolute Gasteiger partial charge is 0.351 e. The van der Waals surface area contributed by atoms with Gasteiger partial charge in [-0.15, -0.1) is 0 Å². The van der Waals surface area contributed by atoms with E-state index in [0.717, 1.165) is 6.42 Å². The molecule has 0 radical (unpaired) electrons. The Balaban J connectivity index is 1.83. The maximum Gasteiger partial charge on any atom is 0.351 e. The van der Waals surface area contributed by atoms with E-state index in [9.17, 15) is 4.79 Å². The van der Waals surface area contributed by atoms with Gasteiger partial charge in [-0.05, 0) is 33.3 Å². The largest absolute Gasteiger partial charge is 0.383 e. The number of nitrogens with two attached hydrogens (primary N) is 1. The van der Waals surface area contributed by atoms with Crippen molar-refractivity contribution in [3.05, 3.63) is 22.7 Å². The highest BCUT2D eigenvalue weighted by Gasteiger charge is 2.29. The molecule has 3 atom stereocenters. The molecule has 1 aromatic heterocycles. The predicted molar refractivity (Wildman–Crippen MR) is 83.6 cm³/mol. The van der Waals surface area contributed by atoms with Gasteiger partial charge in [0.25, 0.3) is 0 Å². The zero-order chi connectivity index (χ0) is 17.0. The molecule has 1 aliphatic heterocycles. The Morgan fingerprint density at radius 2 is 2.30 bits per heavy atom. The summed E-state index contributed by atoms with van der Waals surface area (Å²) in [5, 5.41) is 0. The van der Waals surface area contributed by atoms with E-state index >= 15 is 0 Å². The summed E-state index contributed by atoms with van der Waals surface area (Å²) in [7, 11) is 0.